The van der Waals surface area contributed by atoms with E-state index in [9.17, 15) is 9.13 Å². The zero-order valence-corrected chi connectivity index (χ0v) is 17.5. The largest absolute Gasteiger partial charge is 0.474 e. The smallest absolute Gasteiger partial charge is 0.394 e. The molecule has 0 bridgehead atoms. The number of hydrogen-bond donors (Lipinski definition) is 1. The van der Waals surface area contributed by atoms with Gasteiger partial charge in [0.25, 0.3) is 0 Å². The number of phosphoric ester groups is 1. The highest BCUT2D eigenvalue weighted by atomic mass is 31.2. The summed E-state index contributed by atoms with van der Waals surface area (Å²) in [5.74, 6) is 0. The number of aliphatic hydroxyl groups excluding tert-OH is 1. The van der Waals surface area contributed by atoms with Gasteiger partial charge in [0.15, 0.2) is 0 Å². The third-order valence-electron chi connectivity index (χ3n) is 2.57. The molecule has 2 atom stereocenters. The maximum Gasteiger partial charge on any atom is 0.474 e. The van der Waals surface area contributed by atoms with E-state index in [1.165, 1.54) is 6.66 Å². The first-order valence-corrected chi connectivity index (χ1v) is 11.9. The average Bonchev–Trinajstić information content (AvgIpc) is 2.61. The Hall–Kier alpha value is -0.370. The molecular weight excluding hydrogens is 404 g/mol. The fourth-order valence-corrected chi connectivity index (χ4v) is 3.62. The third-order valence-corrected chi connectivity index (χ3v) is 5.45. The summed E-state index contributed by atoms with van der Waals surface area (Å²) in [6.07, 6.45) is 0.0302. The van der Waals surface area contributed by atoms with E-state index >= 15 is 0 Å². The van der Waals surface area contributed by atoms with E-state index in [0.717, 1.165) is 0 Å². The van der Waals surface area contributed by atoms with Gasteiger partial charge in [-0.15, -0.1) is 0 Å². The number of aliphatic hydroxyl groups is 1. The molecule has 0 amide bonds. The van der Waals surface area contributed by atoms with Crippen molar-refractivity contribution in [1.82, 2.24) is 0 Å². The van der Waals surface area contributed by atoms with Crippen molar-refractivity contribution in [3.63, 3.8) is 0 Å². The van der Waals surface area contributed by atoms with Crippen LogP contribution in [-0.2, 0) is 41.2 Å². The summed E-state index contributed by atoms with van der Waals surface area (Å²) < 4.78 is 59.5. The lowest BCUT2D eigenvalue weighted by Gasteiger charge is -2.17. The second-order valence-electron chi connectivity index (χ2n) is 4.83. The van der Waals surface area contributed by atoms with E-state index in [4.69, 9.17) is 42.5 Å². The predicted octanol–water partition coefficient (Wildman–Crippen LogP) is 1.96. The number of hydrogen-bond acceptors (Lipinski definition) is 11. The molecule has 0 aromatic carbocycles. The third kappa shape index (κ3) is 16.3. The van der Waals surface area contributed by atoms with Gasteiger partial charge in [0.05, 0.1) is 78.6 Å². The summed E-state index contributed by atoms with van der Waals surface area (Å²) in [7, 11) is -6.92. The summed E-state index contributed by atoms with van der Waals surface area (Å²) in [4.78, 5) is 0. The molecule has 0 heterocycles. The van der Waals surface area contributed by atoms with E-state index in [-0.39, 0.29) is 72.5 Å². The number of phosphoric acid groups is 1. The van der Waals surface area contributed by atoms with Gasteiger partial charge in [-0.1, -0.05) is 0 Å². The number of rotatable bonds is 19. The monoisotopic (exact) mass is 433 g/mol. The van der Waals surface area contributed by atoms with Gasteiger partial charge >= 0.3 is 15.4 Å². The number of nitriles is 1. The molecule has 0 saturated heterocycles. The molecule has 0 aliphatic heterocycles. The topological polar surface area (TPSA) is 143 Å². The number of nitrogens with zero attached hydrogens (tertiary/aromatic N) is 1. The Bertz CT molecular complexity index is 499. The molecule has 1 N–H and O–H groups in total. The Labute approximate surface area is 159 Å². The lowest BCUT2D eigenvalue weighted by atomic mass is 10.5. The zero-order chi connectivity index (χ0) is 20.4. The molecule has 0 radical (unpaired) electrons. The van der Waals surface area contributed by atoms with Crippen molar-refractivity contribution < 1.29 is 46.3 Å². The van der Waals surface area contributed by atoms with Crippen molar-refractivity contribution in [2.75, 3.05) is 72.7 Å². The van der Waals surface area contributed by atoms with Crippen LogP contribution in [0.3, 0.4) is 0 Å². The quantitative estimate of drug-likeness (QED) is 0.236. The van der Waals surface area contributed by atoms with Crippen molar-refractivity contribution in [2.45, 2.75) is 13.3 Å². The van der Waals surface area contributed by atoms with Crippen molar-refractivity contribution in [1.29, 1.82) is 5.26 Å². The van der Waals surface area contributed by atoms with E-state index in [2.05, 4.69) is 0 Å². The van der Waals surface area contributed by atoms with Crippen LogP contribution in [0.15, 0.2) is 0 Å². The minimum Gasteiger partial charge on any atom is -0.394 e. The summed E-state index contributed by atoms with van der Waals surface area (Å²) in [5.41, 5.74) is 0. The molecule has 0 rings (SSSR count). The van der Waals surface area contributed by atoms with Gasteiger partial charge in [-0.25, -0.2) is 4.57 Å². The van der Waals surface area contributed by atoms with Crippen molar-refractivity contribution in [2.24, 2.45) is 0 Å². The summed E-state index contributed by atoms with van der Waals surface area (Å²) in [6, 6.07) is 1.85. The Morgan fingerprint density at radius 1 is 0.815 bits per heavy atom. The van der Waals surface area contributed by atoms with Gasteiger partial charge < -0.3 is 23.6 Å². The Morgan fingerprint density at radius 3 is 1.85 bits per heavy atom. The van der Waals surface area contributed by atoms with Crippen LogP contribution in [0.4, 0.5) is 0 Å². The van der Waals surface area contributed by atoms with Crippen LogP contribution < -0.4 is 0 Å². The average molecular weight is 433 g/mol. The van der Waals surface area contributed by atoms with Crippen LogP contribution in [-0.4, -0.2) is 77.8 Å². The first kappa shape index (κ1) is 26.6. The van der Waals surface area contributed by atoms with Gasteiger partial charge in [0.2, 0.25) is 0 Å². The molecule has 27 heavy (non-hydrogen) atoms. The second kappa shape index (κ2) is 16.6. The fourth-order valence-electron chi connectivity index (χ4n) is 1.53. The van der Waals surface area contributed by atoms with E-state index in [0.29, 0.717) is 0 Å². The van der Waals surface area contributed by atoms with Gasteiger partial charge in [-0.05, 0) is 6.92 Å². The van der Waals surface area contributed by atoms with Gasteiger partial charge in [0.1, 0.15) is 0 Å². The second-order valence-corrected chi connectivity index (χ2v) is 8.55. The number of ether oxygens (including phenoxy) is 2. The highest BCUT2D eigenvalue weighted by molar-refractivity contribution is 7.52. The van der Waals surface area contributed by atoms with Crippen LogP contribution in [0, 0.1) is 11.3 Å². The molecule has 13 heteroatoms. The summed E-state index contributed by atoms with van der Waals surface area (Å²) in [5, 5.41) is 17.1. The minimum atomic E-state index is -3.86. The van der Waals surface area contributed by atoms with Crippen LogP contribution >= 0.6 is 15.4 Å². The predicted molar refractivity (Wildman–Crippen MR) is 95.5 cm³/mol. The van der Waals surface area contributed by atoms with Gasteiger partial charge in [0, 0.05) is 6.66 Å². The normalized spacial score (nSPS) is 15.8. The molecule has 0 fully saturated rings. The molecule has 0 spiro atoms. The Balaban J connectivity index is 4.04. The first-order chi connectivity index (χ1) is 12.9. The van der Waals surface area contributed by atoms with E-state index in [1.807, 2.05) is 6.07 Å². The van der Waals surface area contributed by atoms with E-state index < -0.39 is 15.4 Å². The molecule has 0 aromatic rings. The molecule has 2 unspecified atom stereocenters. The van der Waals surface area contributed by atoms with E-state index in [1.54, 1.807) is 6.92 Å². The first-order valence-electron chi connectivity index (χ1n) is 8.42. The van der Waals surface area contributed by atoms with Crippen molar-refractivity contribution in [3.8, 4) is 6.07 Å². The molecule has 11 nitrogen and oxygen atoms in total. The molecule has 0 aliphatic carbocycles. The van der Waals surface area contributed by atoms with Crippen LogP contribution in [0.25, 0.3) is 0 Å². The van der Waals surface area contributed by atoms with Crippen molar-refractivity contribution in [3.05, 3.63) is 0 Å². The molecular formula is C14H29NO10P2. The van der Waals surface area contributed by atoms with Gasteiger partial charge in [-0.3, -0.25) is 18.1 Å². The minimum absolute atomic E-state index is 0.0302. The van der Waals surface area contributed by atoms with Gasteiger partial charge in [-0.2, -0.15) is 5.26 Å². The maximum absolute atomic E-state index is 12.4. The Kier molecular flexibility index (Phi) is 16.3. The SMILES string of the molecule is CCOP(C)(=O)OCCOCCOP(=O)(OCCC#N)OCCOCCO. The standard InChI is InChI=1S/C14H29NO10P2/c1-3-21-26(2,17)22-12-9-20-11-14-25-27(18,23-7-4-5-15)24-13-10-19-8-6-16/h16H,3-4,6-14H2,1-2H3. The lowest BCUT2D eigenvalue weighted by Crippen LogP contribution is -2.12. The lowest BCUT2D eigenvalue weighted by molar-refractivity contribution is 0.0346. The van der Waals surface area contributed by atoms with Crippen LogP contribution in [0.5, 0.6) is 0 Å². The zero-order valence-electron chi connectivity index (χ0n) is 15.7. The van der Waals surface area contributed by atoms with Crippen molar-refractivity contribution >= 4 is 15.4 Å². The fraction of sp³-hybridized carbons (Fsp3) is 0.929. The maximum atomic E-state index is 12.4. The van der Waals surface area contributed by atoms with Crippen LogP contribution in [0.1, 0.15) is 13.3 Å². The summed E-state index contributed by atoms with van der Waals surface area (Å²) >= 11 is 0. The summed E-state index contributed by atoms with van der Waals surface area (Å²) in [6.45, 7) is 3.49. The molecule has 0 aliphatic rings. The highest BCUT2D eigenvalue weighted by Gasteiger charge is 2.26. The Morgan fingerprint density at radius 2 is 1.33 bits per heavy atom. The molecule has 160 valence electrons. The van der Waals surface area contributed by atoms with Crippen LogP contribution in [0.2, 0.25) is 0 Å². The molecule has 0 aromatic heterocycles. The molecule has 0 saturated carbocycles. The highest BCUT2D eigenvalue weighted by Crippen LogP contribution is 2.49.